The van der Waals surface area contributed by atoms with Gasteiger partial charge in [-0.1, -0.05) is 53.7 Å². The van der Waals surface area contributed by atoms with Crippen LogP contribution in [0, 0.1) is 0 Å². The Hall–Kier alpha value is -3.27. The van der Waals surface area contributed by atoms with Gasteiger partial charge in [-0.25, -0.2) is 4.79 Å². The maximum atomic E-state index is 12.2. The Bertz CT molecular complexity index is 1060. The lowest BCUT2D eigenvalue weighted by Crippen LogP contribution is -2.50. The molecule has 1 amide bonds. The van der Waals surface area contributed by atoms with Crippen molar-refractivity contribution in [3.63, 3.8) is 0 Å². The molecule has 1 aromatic heterocycles. The number of carbonyl (C=O) groups excluding carboxylic acids is 1. The standard InChI is InChI=1S/C23H27N5O4/c29-20(16-28-22(25-32-23(28)31)18-7-3-1-4-8-18)15-26-11-13-27(14-12-26)17-21(30)24-19-9-5-2-6-10-19/h1-10,20,29H,11-17H2,(H,24,30). The zero-order valence-corrected chi connectivity index (χ0v) is 17.8. The summed E-state index contributed by atoms with van der Waals surface area (Å²) in [6.45, 7) is 3.80. The topological polar surface area (TPSA) is 104 Å². The number of benzene rings is 2. The molecule has 0 radical (unpaired) electrons. The molecule has 1 saturated heterocycles. The van der Waals surface area contributed by atoms with Gasteiger partial charge in [0.1, 0.15) is 0 Å². The number of rotatable bonds is 8. The van der Waals surface area contributed by atoms with Crippen molar-refractivity contribution in [2.24, 2.45) is 0 Å². The molecule has 0 saturated carbocycles. The maximum Gasteiger partial charge on any atom is 0.441 e. The number of hydrogen-bond acceptors (Lipinski definition) is 7. The molecule has 168 valence electrons. The average Bonchev–Trinajstić information content (AvgIpc) is 3.16. The van der Waals surface area contributed by atoms with E-state index in [-0.39, 0.29) is 12.5 Å². The van der Waals surface area contributed by atoms with Gasteiger partial charge in [-0.05, 0) is 12.1 Å². The third-order valence-corrected chi connectivity index (χ3v) is 5.47. The number of amides is 1. The van der Waals surface area contributed by atoms with E-state index in [1.807, 2.05) is 60.7 Å². The number of para-hydroxylation sites is 1. The lowest BCUT2D eigenvalue weighted by atomic mass is 10.2. The van der Waals surface area contributed by atoms with E-state index in [1.54, 1.807) is 0 Å². The van der Waals surface area contributed by atoms with E-state index in [0.29, 0.717) is 18.9 Å². The molecule has 0 bridgehead atoms. The van der Waals surface area contributed by atoms with Gasteiger partial charge in [0.2, 0.25) is 5.91 Å². The number of aromatic nitrogens is 2. The summed E-state index contributed by atoms with van der Waals surface area (Å²) in [6.07, 6.45) is -0.748. The van der Waals surface area contributed by atoms with Gasteiger partial charge >= 0.3 is 5.76 Å². The summed E-state index contributed by atoms with van der Waals surface area (Å²) in [6, 6.07) is 18.7. The van der Waals surface area contributed by atoms with Gasteiger partial charge in [0.25, 0.3) is 0 Å². The van der Waals surface area contributed by atoms with E-state index in [4.69, 9.17) is 4.52 Å². The Balaban J connectivity index is 1.25. The summed E-state index contributed by atoms with van der Waals surface area (Å²) in [4.78, 5) is 28.6. The number of aliphatic hydroxyl groups excluding tert-OH is 1. The van der Waals surface area contributed by atoms with Gasteiger partial charge in [0.05, 0.1) is 19.2 Å². The van der Waals surface area contributed by atoms with Crippen LogP contribution in [0.3, 0.4) is 0 Å². The summed E-state index contributed by atoms with van der Waals surface area (Å²) >= 11 is 0. The largest absolute Gasteiger partial charge is 0.441 e. The lowest BCUT2D eigenvalue weighted by Gasteiger charge is -2.35. The monoisotopic (exact) mass is 437 g/mol. The van der Waals surface area contributed by atoms with Crippen LogP contribution in [0.4, 0.5) is 5.69 Å². The zero-order valence-electron chi connectivity index (χ0n) is 17.8. The SMILES string of the molecule is O=C(CN1CCN(CC(O)Cn2c(-c3ccccc3)noc2=O)CC1)Nc1ccccc1. The number of anilines is 1. The lowest BCUT2D eigenvalue weighted by molar-refractivity contribution is -0.117. The number of nitrogens with one attached hydrogen (secondary N) is 1. The molecule has 9 heteroatoms. The minimum Gasteiger partial charge on any atom is -0.390 e. The average molecular weight is 438 g/mol. The molecular formula is C23H27N5O4. The first-order valence-corrected chi connectivity index (χ1v) is 10.7. The minimum absolute atomic E-state index is 0.0371. The molecule has 2 heterocycles. The Kier molecular flexibility index (Phi) is 7.10. The molecule has 1 unspecified atom stereocenters. The van der Waals surface area contributed by atoms with Crippen LogP contribution >= 0.6 is 0 Å². The van der Waals surface area contributed by atoms with Crippen molar-refractivity contribution in [3.05, 3.63) is 71.2 Å². The first-order chi connectivity index (χ1) is 15.6. The van der Waals surface area contributed by atoms with Crippen molar-refractivity contribution in [1.82, 2.24) is 19.5 Å². The first-order valence-electron chi connectivity index (χ1n) is 10.7. The summed E-state index contributed by atoms with van der Waals surface area (Å²) in [7, 11) is 0. The molecule has 0 spiro atoms. The molecule has 4 rings (SSSR count). The van der Waals surface area contributed by atoms with E-state index in [0.717, 1.165) is 37.4 Å². The second kappa shape index (κ2) is 10.4. The quantitative estimate of drug-likeness (QED) is 0.544. The highest BCUT2D eigenvalue weighted by atomic mass is 16.5. The summed E-state index contributed by atoms with van der Waals surface area (Å²) < 4.78 is 6.19. The third-order valence-electron chi connectivity index (χ3n) is 5.47. The predicted octanol–water partition coefficient (Wildman–Crippen LogP) is 1.12. The Labute approximate surface area is 185 Å². The summed E-state index contributed by atoms with van der Waals surface area (Å²) in [5, 5.41) is 17.4. The highest BCUT2D eigenvalue weighted by Gasteiger charge is 2.22. The Morgan fingerprint density at radius 3 is 2.28 bits per heavy atom. The van der Waals surface area contributed by atoms with Crippen LogP contribution in [-0.4, -0.2) is 75.9 Å². The third kappa shape index (κ3) is 5.70. The highest BCUT2D eigenvalue weighted by molar-refractivity contribution is 5.92. The van der Waals surface area contributed by atoms with Gasteiger partial charge < -0.3 is 10.4 Å². The van der Waals surface area contributed by atoms with Crippen LogP contribution in [0.2, 0.25) is 0 Å². The van der Waals surface area contributed by atoms with Crippen molar-refractivity contribution in [2.45, 2.75) is 12.6 Å². The van der Waals surface area contributed by atoms with Crippen molar-refractivity contribution in [1.29, 1.82) is 0 Å². The van der Waals surface area contributed by atoms with Gasteiger partial charge in [0, 0.05) is 44.0 Å². The smallest absolute Gasteiger partial charge is 0.390 e. The summed E-state index contributed by atoms with van der Waals surface area (Å²) in [5.41, 5.74) is 1.55. The molecule has 2 N–H and O–H groups in total. The van der Waals surface area contributed by atoms with Crippen LogP contribution in [0.5, 0.6) is 0 Å². The predicted molar refractivity (Wildman–Crippen MR) is 120 cm³/mol. The number of carbonyl (C=O) groups is 1. The van der Waals surface area contributed by atoms with Gasteiger partial charge in [-0.15, -0.1) is 0 Å². The number of aliphatic hydroxyl groups is 1. The van der Waals surface area contributed by atoms with E-state index in [1.165, 1.54) is 4.57 Å². The number of β-amino-alcohol motifs (C(OH)–C–C–N with tert-alkyl or cyclic N) is 1. The molecule has 1 aliphatic rings. The van der Waals surface area contributed by atoms with Crippen molar-refractivity contribution in [2.75, 3.05) is 44.6 Å². The fourth-order valence-corrected chi connectivity index (χ4v) is 3.85. The molecule has 0 aliphatic carbocycles. The van der Waals surface area contributed by atoms with Gasteiger partial charge in [-0.3, -0.25) is 23.7 Å². The molecule has 1 atom stereocenters. The Morgan fingerprint density at radius 1 is 0.969 bits per heavy atom. The number of piperazine rings is 1. The van der Waals surface area contributed by atoms with Crippen LogP contribution in [0.1, 0.15) is 0 Å². The van der Waals surface area contributed by atoms with Gasteiger partial charge in [-0.2, -0.15) is 0 Å². The van der Waals surface area contributed by atoms with Crippen molar-refractivity contribution in [3.8, 4) is 11.4 Å². The summed E-state index contributed by atoms with van der Waals surface area (Å²) in [5.74, 6) is -0.217. The van der Waals surface area contributed by atoms with Gasteiger partial charge in [0.15, 0.2) is 5.82 Å². The van der Waals surface area contributed by atoms with Crippen LogP contribution in [-0.2, 0) is 11.3 Å². The minimum atomic E-state index is -0.748. The molecule has 3 aromatic rings. The van der Waals surface area contributed by atoms with E-state index in [2.05, 4.69) is 20.3 Å². The fourth-order valence-electron chi connectivity index (χ4n) is 3.85. The van der Waals surface area contributed by atoms with Crippen LogP contribution in [0.25, 0.3) is 11.4 Å². The number of hydrogen-bond donors (Lipinski definition) is 2. The normalized spacial score (nSPS) is 16.0. The van der Waals surface area contributed by atoms with E-state index < -0.39 is 11.9 Å². The molecular weight excluding hydrogens is 410 g/mol. The van der Waals surface area contributed by atoms with Crippen molar-refractivity contribution >= 4 is 11.6 Å². The van der Waals surface area contributed by atoms with Crippen LogP contribution < -0.4 is 11.1 Å². The molecule has 9 nitrogen and oxygen atoms in total. The Morgan fingerprint density at radius 2 is 1.59 bits per heavy atom. The van der Waals surface area contributed by atoms with E-state index >= 15 is 0 Å². The van der Waals surface area contributed by atoms with Crippen molar-refractivity contribution < 1.29 is 14.4 Å². The first kappa shape index (κ1) is 21.9. The molecule has 1 aliphatic heterocycles. The second-order valence-electron chi connectivity index (χ2n) is 7.89. The number of nitrogens with zero attached hydrogens (tertiary/aromatic N) is 4. The fraction of sp³-hybridized carbons (Fsp3) is 0.348. The maximum absolute atomic E-state index is 12.2. The van der Waals surface area contributed by atoms with Crippen LogP contribution in [0.15, 0.2) is 70.0 Å². The second-order valence-corrected chi connectivity index (χ2v) is 7.89. The van der Waals surface area contributed by atoms with E-state index in [9.17, 15) is 14.7 Å². The molecule has 32 heavy (non-hydrogen) atoms. The zero-order chi connectivity index (χ0) is 22.3. The molecule has 2 aromatic carbocycles. The highest BCUT2D eigenvalue weighted by Crippen LogP contribution is 2.15. The molecule has 1 fully saturated rings.